The van der Waals surface area contributed by atoms with Gasteiger partial charge >= 0.3 is 5.97 Å². The Hall–Kier alpha value is -1.11. The van der Waals surface area contributed by atoms with Crippen LogP contribution in [0.25, 0.3) is 0 Å². The summed E-state index contributed by atoms with van der Waals surface area (Å²) in [6.45, 7) is 10.5. The minimum atomic E-state index is -0.758. The Morgan fingerprint density at radius 2 is 2.00 bits per heavy atom. The van der Waals surface area contributed by atoms with Crippen LogP contribution in [0.4, 0.5) is 0 Å². The average Bonchev–Trinajstić information content (AvgIpc) is 2.75. The summed E-state index contributed by atoms with van der Waals surface area (Å²) in [5, 5.41) is 14.2. The summed E-state index contributed by atoms with van der Waals surface area (Å²) in [6.07, 6.45) is 0. The van der Waals surface area contributed by atoms with Gasteiger partial charge in [-0.25, -0.2) is 0 Å². The third-order valence-corrected chi connectivity index (χ3v) is 4.63. The minimum Gasteiger partial charge on any atom is -0.480 e. The van der Waals surface area contributed by atoms with E-state index in [9.17, 15) is 4.79 Å². The number of hydrogen-bond acceptors (Lipinski definition) is 4. The van der Waals surface area contributed by atoms with E-state index in [0.717, 1.165) is 55.7 Å². The fourth-order valence-electron chi connectivity index (χ4n) is 2.70. The Morgan fingerprint density at radius 3 is 2.52 bits per heavy atom. The molecule has 21 heavy (non-hydrogen) atoms. The van der Waals surface area contributed by atoms with E-state index in [4.69, 9.17) is 16.7 Å². The van der Waals surface area contributed by atoms with Gasteiger partial charge in [0.2, 0.25) is 0 Å². The number of aromatic nitrogens is 2. The van der Waals surface area contributed by atoms with Gasteiger partial charge in [-0.05, 0) is 20.8 Å². The molecule has 1 aromatic rings. The number of rotatable bonds is 5. The first kappa shape index (κ1) is 16.3. The Kier molecular flexibility index (Phi) is 5.24. The number of nitrogens with zero attached hydrogens (tertiary/aromatic N) is 4. The maximum absolute atomic E-state index is 11.0. The summed E-state index contributed by atoms with van der Waals surface area (Å²) in [5.41, 5.74) is 1.92. The molecule has 1 unspecified atom stereocenters. The fraction of sp³-hybridized carbons (Fsp3) is 0.714. The van der Waals surface area contributed by atoms with Crippen LogP contribution >= 0.6 is 11.6 Å². The lowest BCUT2D eigenvalue weighted by molar-refractivity contribution is -0.143. The van der Waals surface area contributed by atoms with Crippen molar-refractivity contribution in [2.45, 2.75) is 39.9 Å². The van der Waals surface area contributed by atoms with Gasteiger partial charge in [-0.3, -0.25) is 19.3 Å². The molecular weight excluding hydrogens is 292 g/mol. The smallest absolute Gasteiger partial charge is 0.320 e. The molecule has 6 nitrogen and oxygen atoms in total. The molecule has 1 saturated heterocycles. The zero-order chi connectivity index (χ0) is 15.6. The monoisotopic (exact) mass is 314 g/mol. The van der Waals surface area contributed by atoms with E-state index in [-0.39, 0.29) is 0 Å². The molecular formula is C14H23ClN4O2. The third kappa shape index (κ3) is 3.56. The van der Waals surface area contributed by atoms with Crippen LogP contribution in [0.5, 0.6) is 0 Å². The summed E-state index contributed by atoms with van der Waals surface area (Å²) >= 11 is 6.33. The summed E-state index contributed by atoms with van der Waals surface area (Å²) in [7, 11) is 0. The molecule has 2 rings (SSSR count). The predicted molar refractivity (Wildman–Crippen MR) is 81.6 cm³/mol. The van der Waals surface area contributed by atoms with E-state index < -0.39 is 12.0 Å². The lowest BCUT2D eigenvalue weighted by Crippen LogP contribution is -2.51. The second-order valence-electron chi connectivity index (χ2n) is 5.49. The summed E-state index contributed by atoms with van der Waals surface area (Å²) < 4.78 is 1.95. The Bertz CT molecular complexity index is 509. The number of carbonyl (C=O) groups is 1. The largest absolute Gasteiger partial charge is 0.480 e. The number of carboxylic acid groups (broad SMARTS) is 1. The first-order chi connectivity index (χ1) is 9.93. The van der Waals surface area contributed by atoms with Crippen LogP contribution in [-0.4, -0.2) is 62.9 Å². The van der Waals surface area contributed by atoms with Crippen molar-refractivity contribution < 1.29 is 9.90 Å². The maximum atomic E-state index is 11.0. The Morgan fingerprint density at radius 1 is 1.38 bits per heavy atom. The second-order valence-corrected chi connectivity index (χ2v) is 5.87. The van der Waals surface area contributed by atoms with Crippen molar-refractivity contribution in [2.24, 2.45) is 0 Å². The molecule has 0 bridgehead atoms. The van der Waals surface area contributed by atoms with Crippen molar-refractivity contribution in [2.75, 3.05) is 26.2 Å². The number of carboxylic acids is 1. The molecule has 1 aromatic heterocycles. The number of aryl methyl sites for hydroxylation is 2. The van der Waals surface area contributed by atoms with E-state index in [1.165, 1.54) is 0 Å². The van der Waals surface area contributed by atoms with Crippen molar-refractivity contribution in [1.82, 2.24) is 19.6 Å². The van der Waals surface area contributed by atoms with E-state index in [1.54, 1.807) is 6.92 Å². The van der Waals surface area contributed by atoms with Crippen LogP contribution in [-0.2, 0) is 17.9 Å². The molecule has 1 aliphatic heterocycles. The lowest BCUT2D eigenvalue weighted by Gasteiger charge is -2.36. The molecule has 0 radical (unpaired) electrons. The van der Waals surface area contributed by atoms with Gasteiger partial charge in [0.05, 0.1) is 16.4 Å². The van der Waals surface area contributed by atoms with Crippen molar-refractivity contribution >= 4 is 17.6 Å². The summed E-state index contributed by atoms with van der Waals surface area (Å²) in [6, 6.07) is -0.417. The molecule has 118 valence electrons. The molecule has 0 aromatic carbocycles. The topological polar surface area (TPSA) is 61.6 Å². The van der Waals surface area contributed by atoms with Crippen LogP contribution in [0.2, 0.25) is 5.02 Å². The first-order valence-electron chi connectivity index (χ1n) is 7.35. The van der Waals surface area contributed by atoms with Crippen LogP contribution in [0, 0.1) is 6.92 Å². The predicted octanol–water partition coefficient (Wildman–Crippen LogP) is 1.46. The van der Waals surface area contributed by atoms with E-state index in [0.29, 0.717) is 0 Å². The van der Waals surface area contributed by atoms with Gasteiger partial charge in [0.1, 0.15) is 6.04 Å². The van der Waals surface area contributed by atoms with Crippen molar-refractivity contribution in [3.63, 3.8) is 0 Å². The molecule has 0 aliphatic carbocycles. The number of halogens is 1. The molecule has 0 spiro atoms. The average molecular weight is 315 g/mol. The van der Waals surface area contributed by atoms with E-state index in [2.05, 4.69) is 16.9 Å². The highest BCUT2D eigenvalue weighted by Gasteiger charge is 2.26. The van der Waals surface area contributed by atoms with Crippen molar-refractivity contribution in [1.29, 1.82) is 0 Å². The highest BCUT2D eigenvalue weighted by atomic mass is 35.5. The molecule has 0 saturated carbocycles. The quantitative estimate of drug-likeness (QED) is 0.891. The molecule has 1 fully saturated rings. The first-order valence-corrected chi connectivity index (χ1v) is 7.72. The van der Waals surface area contributed by atoms with Crippen molar-refractivity contribution in [3.05, 3.63) is 16.4 Å². The molecule has 7 heteroatoms. The summed E-state index contributed by atoms with van der Waals surface area (Å²) in [4.78, 5) is 15.3. The molecule has 2 heterocycles. The summed E-state index contributed by atoms with van der Waals surface area (Å²) in [5.74, 6) is -0.758. The second kappa shape index (κ2) is 6.77. The number of piperazine rings is 1. The number of aliphatic carboxylic acids is 1. The highest BCUT2D eigenvalue weighted by Crippen LogP contribution is 2.22. The minimum absolute atomic E-state index is 0.417. The normalized spacial score (nSPS) is 18.9. The van der Waals surface area contributed by atoms with Gasteiger partial charge in [0.15, 0.2) is 0 Å². The van der Waals surface area contributed by atoms with E-state index in [1.807, 2.05) is 16.5 Å². The van der Waals surface area contributed by atoms with Gasteiger partial charge in [-0.15, -0.1) is 0 Å². The van der Waals surface area contributed by atoms with Gasteiger partial charge in [0.25, 0.3) is 0 Å². The highest BCUT2D eigenvalue weighted by molar-refractivity contribution is 6.31. The van der Waals surface area contributed by atoms with Crippen LogP contribution in [0.3, 0.4) is 0 Å². The zero-order valence-corrected chi connectivity index (χ0v) is 13.6. The number of hydrogen-bond donors (Lipinski definition) is 1. The van der Waals surface area contributed by atoms with Gasteiger partial charge < -0.3 is 5.11 Å². The Labute approximate surface area is 130 Å². The van der Waals surface area contributed by atoms with Crippen LogP contribution < -0.4 is 0 Å². The maximum Gasteiger partial charge on any atom is 0.320 e. The fourth-order valence-corrected chi connectivity index (χ4v) is 2.89. The lowest BCUT2D eigenvalue weighted by atomic mass is 10.2. The Balaban J connectivity index is 1.96. The zero-order valence-electron chi connectivity index (χ0n) is 12.8. The SMILES string of the molecule is CCn1nc(C)c(Cl)c1CN1CCN(C(C)C(=O)O)CC1. The van der Waals surface area contributed by atoms with Gasteiger partial charge in [0, 0.05) is 39.3 Å². The van der Waals surface area contributed by atoms with Crippen LogP contribution in [0.1, 0.15) is 25.2 Å². The standard InChI is InChI=1S/C14H23ClN4O2/c1-4-19-12(13(15)10(2)16-19)9-17-5-7-18(8-6-17)11(3)14(20)21/h11H,4-9H2,1-3H3,(H,20,21). The molecule has 0 amide bonds. The van der Waals surface area contributed by atoms with Crippen molar-refractivity contribution in [3.8, 4) is 0 Å². The van der Waals surface area contributed by atoms with Crippen LogP contribution in [0.15, 0.2) is 0 Å². The molecule has 1 N–H and O–H groups in total. The molecule has 1 atom stereocenters. The van der Waals surface area contributed by atoms with Gasteiger partial charge in [-0.1, -0.05) is 11.6 Å². The third-order valence-electron chi connectivity index (χ3n) is 4.14. The van der Waals surface area contributed by atoms with Gasteiger partial charge in [-0.2, -0.15) is 5.10 Å². The molecule has 1 aliphatic rings. The van der Waals surface area contributed by atoms with E-state index >= 15 is 0 Å².